The van der Waals surface area contributed by atoms with E-state index in [2.05, 4.69) is 10.2 Å². The minimum atomic E-state index is 0.465. The van der Waals surface area contributed by atoms with Crippen LogP contribution in [0.2, 0.25) is 5.15 Å². The maximum atomic E-state index is 5.75. The van der Waals surface area contributed by atoms with Crippen molar-refractivity contribution in [2.45, 2.75) is 0 Å². The molecule has 4 heteroatoms. The van der Waals surface area contributed by atoms with E-state index in [9.17, 15) is 0 Å². The number of nitrogen functional groups attached to an aromatic ring is 1. The molecular weight excluding hydrogens is 162 g/mol. The van der Waals surface area contributed by atoms with Crippen LogP contribution in [-0.2, 0) is 0 Å². The Balaban J connectivity index is 2.94. The number of aromatic amines is 1. The zero-order chi connectivity index (χ0) is 7.84. The van der Waals surface area contributed by atoms with Crippen molar-refractivity contribution < 1.29 is 0 Å². The molecule has 56 valence electrons. The summed E-state index contributed by atoms with van der Waals surface area (Å²) in [5.74, 6) is 0. The summed E-state index contributed by atoms with van der Waals surface area (Å²) in [5.41, 5.74) is 7.11. The number of para-hydroxylation sites is 1. The minimum absolute atomic E-state index is 0.465. The van der Waals surface area contributed by atoms with Crippen LogP contribution in [0.3, 0.4) is 0 Å². The van der Waals surface area contributed by atoms with Crippen molar-refractivity contribution in [3.8, 4) is 0 Å². The summed E-state index contributed by atoms with van der Waals surface area (Å²) in [7, 11) is 0. The molecule has 0 aliphatic carbocycles. The van der Waals surface area contributed by atoms with Gasteiger partial charge in [0, 0.05) is 5.39 Å². The third kappa shape index (κ3) is 0.851. The number of aromatic nitrogens is 2. The van der Waals surface area contributed by atoms with Crippen molar-refractivity contribution in [3.63, 3.8) is 0 Å². The van der Waals surface area contributed by atoms with E-state index in [0.29, 0.717) is 10.8 Å². The molecule has 1 aromatic heterocycles. The van der Waals surface area contributed by atoms with Gasteiger partial charge in [-0.05, 0) is 12.1 Å². The smallest absolute Gasteiger partial charge is 0.158 e. The number of rotatable bonds is 0. The summed E-state index contributed by atoms with van der Waals surface area (Å²) >= 11 is 5.75. The second-order valence-corrected chi connectivity index (χ2v) is 2.64. The Kier molecular flexibility index (Phi) is 1.26. The van der Waals surface area contributed by atoms with Crippen LogP contribution in [0.4, 0.5) is 5.69 Å². The van der Waals surface area contributed by atoms with Gasteiger partial charge in [-0.3, -0.25) is 5.10 Å². The number of hydrogen-bond donors (Lipinski definition) is 2. The molecule has 1 heterocycles. The number of nitrogens with one attached hydrogen (secondary N) is 1. The van der Waals surface area contributed by atoms with E-state index in [1.807, 2.05) is 12.1 Å². The summed E-state index contributed by atoms with van der Waals surface area (Å²) in [6.07, 6.45) is 0. The van der Waals surface area contributed by atoms with Crippen LogP contribution in [0.1, 0.15) is 0 Å². The lowest BCUT2D eigenvalue weighted by atomic mass is 10.2. The highest BCUT2D eigenvalue weighted by Gasteiger charge is 2.03. The largest absolute Gasteiger partial charge is 0.397 e. The Morgan fingerprint density at radius 1 is 1.45 bits per heavy atom. The molecule has 0 spiro atoms. The molecule has 2 rings (SSSR count). The van der Waals surface area contributed by atoms with Crippen LogP contribution < -0.4 is 5.73 Å². The van der Waals surface area contributed by atoms with Gasteiger partial charge < -0.3 is 5.73 Å². The summed E-state index contributed by atoms with van der Waals surface area (Å²) < 4.78 is 0. The van der Waals surface area contributed by atoms with Gasteiger partial charge in [0.05, 0.1) is 11.2 Å². The van der Waals surface area contributed by atoms with Gasteiger partial charge in [0.1, 0.15) is 0 Å². The molecule has 0 saturated heterocycles. The second-order valence-electron chi connectivity index (χ2n) is 2.28. The fraction of sp³-hybridized carbons (Fsp3) is 0. The number of benzene rings is 1. The first-order valence-corrected chi connectivity index (χ1v) is 3.55. The molecule has 2 aromatic rings. The summed E-state index contributed by atoms with van der Waals surface area (Å²) in [4.78, 5) is 0. The number of H-pyrrole nitrogens is 1. The molecule has 0 atom stereocenters. The van der Waals surface area contributed by atoms with Crippen molar-refractivity contribution in [2.24, 2.45) is 0 Å². The molecule has 0 amide bonds. The lowest BCUT2D eigenvalue weighted by Gasteiger charge is -1.92. The van der Waals surface area contributed by atoms with E-state index in [0.717, 1.165) is 10.9 Å². The molecule has 11 heavy (non-hydrogen) atoms. The SMILES string of the molecule is Nc1cccc2c(Cl)n[nH]c12. The van der Waals surface area contributed by atoms with Crippen molar-refractivity contribution in [1.82, 2.24) is 10.2 Å². The Bertz CT molecular complexity index is 393. The second kappa shape index (κ2) is 2.13. The Hall–Kier alpha value is -1.22. The van der Waals surface area contributed by atoms with Crippen LogP contribution in [-0.4, -0.2) is 10.2 Å². The molecule has 0 fully saturated rings. The fourth-order valence-electron chi connectivity index (χ4n) is 1.03. The number of fused-ring (bicyclic) bond motifs is 1. The highest BCUT2D eigenvalue weighted by Crippen LogP contribution is 2.23. The molecule has 3 nitrogen and oxygen atoms in total. The molecule has 0 unspecified atom stereocenters. The van der Waals surface area contributed by atoms with Gasteiger partial charge in [0.15, 0.2) is 5.15 Å². The first-order chi connectivity index (χ1) is 5.29. The monoisotopic (exact) mass is 167 g/mol. The highest BCUT2D eigenvalue weighted by molar-refractivity contribution is 6.34. The number of hydrogen-bond acceptors (Lipinski definition) is 2. The normalized spacial score (nSPS) is 10.6. The van der Waals surface area contributed by atoms with Crippen molar-refractivity contribution in [2.75, 3.05) is 5.73 Å². The predicted molar refractivity (Wildman–Crippen MR) is 45.5 cm³/mol. The van der Waals surface area contributed by atoms with Crippen LogP contribution in [0.25, 0.3) is 10.9 Å². The standard InChI is InChI=1S/C7H6ClN3/c8-7-4-2-1-3-5(9)6(4)10-11-7/h1-3H,9H2,(H,10,11). The average molecular weight is 168 g/mol. The van der Waals surface area contributed by atoms with Gasteiger partial charge in [0.2, 0.25) is 0 Å². The molecule has 0 aliphatic heterocycles. The van der Waals surface area contributed by atoms with E-state index >= 15 is 0 Å². The van der Waals surface area contributed by atoms with Gasteiger partial charge in [0.25, 0.3) is 0 Å². The molecule has 0 aliphatic rings. The maximum Gasteiger partial charge on any atom is 0.158 e. The van der Waals surface area contributed by atoms with Gasteiger partial charge in [-0.15, -0.1) is 0 Å². The fourth-order valence-corrected chi connectivity index (χ4v) is 1.23. The number of nitrogens with two attached hydrogens (primary N) is 1. The van der Waals surface area contributed by atoms with Gasteiger partial charge in [-0.2, -0.15) is 5.10 Å². The molecule has 0 radical (unpaired) electrons. The van der Waals surface area contributed by atoms with E-state index < -0.39 is 0 Å². The number of nitrogens with zero attached hydrogens (tertiary/aromatic N) is 1. The van der Waals surface area contributed by atoms with Gasteiger partial charge in [-0.1, -0.05) is 17.7 Å². The topological polar surface area (TPSA) is 54.7 Å². The Morgan fingerprint density at radius 2 is 2.27 bits per heavy atom. The minimum Gasteiger partial charge on any atom is -0.397 e. The molecule has 0 saturated carbocycles. The van der Waals surface area contributed by atoms with Crippen LogP contribution in [0.15, 0.2) is 18.2 Å². The van der Waals surface area contributed by atoms with Gasteiger partial charge in [-0.25, -0.2) is 0 Å². The number of anilines is 1. The lowest BCUT2D eigenvalue weighted by molar-refractivity contribution is 1.12. The maximum absolute atomic E-state index is 5.75. The van der Waals surface area contributed by atoms with E-state index in [-0.39, 0.29) is 0 Å². The van der Waals surface area contributed by atoms with Gasteiger partial charge >= 0.3 is 0 Å². The van der Waals surface area contributed by atoms with E-state index in [1.54, 1.807) is 6.07 Å². The Morgan fingerprint density at radius 3 is 3.00 bits per heavy atom. The highest BCUT2D eigenvalue weighted by atomic mass is 35.5. The average Bonchev–Trinajstić information content (AvgIpc) is 2.35. The molecular formula is C7H6ClN3. The first kappa shape index (κ1) is 6.49. The molecule has 0 bridgehead atoms. The van der Waals surface area contributed by atoms with Crippen molar-refractivity contribution in [1.29, 1.82) is 0 Å². The van der Waals surface area contributed by atoms with Crippen LogP contribution in [0, 0.1) is 0 Å². The first-order valence-electron chi connectivity index (χ1n) is 3.17. The quantitative estimate of drug-likeness (QED) is 0.588. The lowest BCUT2D eigenvalue weighted by Crippen LogP contribution is -1.84. The van der Waals surface area contributed by atoms with E-state index in [4.69, 9.17) is 17.3 Å². The molecule has 1 aromatic carbocycles. The third-order valence-corrected chi connectivity index (χ3v) is 1.87. The zero-order valence-corrected chi connectivity index (χ0v) is 6.39. The van der Waals surface area contributed by atoms with Crippen LogP contribution >= 0.6 is 11.6 Å². The van der Waals surface area contributed by atoms with Crippen LogP contribution in [0.5, 0.6) is 0 Å². The third-order valence-electron chi connectivity index (χ3n) is 1.58. The predicted octanol–water partition coefficient (Wildman–Crippen LogP) is 1.80. The Labute approximate surface area is 68.2 Å². The summed E-state index contributed by atoms with van der Waals surface area (Å²) in [6, 6.07) is 5.52. The summed E-state index contributed by atoms with van der Waals surface area (Å²) in [5, 5.41) is 7.90. The van der Waals surface area contributed by atoms with Crippen molar-refractivity contribution >= 4 is 28.2 Å². The summed E-state index contributed by atoms with van der Waals surface area (Å²) in [6.45, 7) is 0. The zero-order valence-electron chi connectivity index (χ0n) is 5.63. The van der Waals surface area contributed by atoms with Crippen molar-refractivity contribution in [3.05, 3.63) is 23.4 Å². The van der Waals surface area contributed by atoms with E-state index in [1.165, 1.54) is 0 Å². The number of halogens is 1. The molecule has 3 N–H and O–H groups in total.